The number of aryl methyl sites for hydroxylation is 2. The minimum absolute atomic E-state index is 0.0823. The molecule has 0 aliphatic heterocycles. The third-order valence-electron chi connectivity index (χ3n) is 3.44. The average Bonchev–Trinajstić information content (AvgIpc) is 2.54. The fourth-order valence-electron chi connectivity index (χ4n) is 2.27. The zero-order valence-electron chi connectivity index (χ0n) is 15.0. The second-order valence-corrected chi connectivity index (χ2v) is 6.14. The van der Waals surface area contributed by atoms with Gasteiger partial charge in [0.05, 0.1) is 11.7 Å². The normalized spacial score (nSPS) is 10.4. The first-order valence-corrected chi connectivity index (χ1v) is 8.16. The molecule has 0 radical (unpaired) electrons. The second kappa shape index (κ2) is 8.33. The lowest BCUT2D eigenvalue weighted by Crippen LogP contribution is -2.20. The van der Waals surface area contributed by atoms with E-state index in [4.69, 9.17) is 9.47 Å². The van der Waals surface area contributed by atoms with E-state index in [1.54, 1.807) is 38.1 Å². The first-order chi connectivity index (χ1) is 11.8. The molecule has 5 nitrogen and oxygen atoms in total. The second-order valence-electron chi connectivity index (χ2n) is 6.14. The topological polar surface area (TPSA) is 64.6 Å². The van der Waals surface area contributed by atoms with Crippen molar-refractivity contribution in [2.75, 3.05) is 11.9 Å². The van der Waals surface area contributed by atoms with Gasteiger partial charge in [-0.15, -0.1) is 0 Å². The minimum Gasteiger partial charge on any atom is -0.483 e. The summed E-state index contributed by atoms with van der Waals surface area (Å²) in [6.45, 7) is 7.45. The number of esters is 1. The van der Waals surface area contributed by atoms with Gasteiger partial charge in [-0.25, -0.2) is 4.79 Å². The van der Waals surface area contributed by atoms with E-state index in [2.05, 4.69) is 5.32 Å². The molecule has 1 N–H and O–H groups in total. The first kappa shape index (κ1) is 18.5. The van der Waals surface area contributed by atoms with Crippen molar-refractivity contribution >= 4 is 17.6 Å². The molecular weight excluding hydrogens is 318 g/mol. The molecule has 2 rings (SSSR count). The fourth-order valence-corrected chi connectivity index (χ4v) is 2.27. The van der Waals surface area contributed by atoms with Crippen molar-refractivity contribution in [3.05, 3.63) is 59.2 Å². The highest BCUT2D eigenvalue weighted by atomic mass is 16.5. The summed E-state index contributed by atoms with van der Waals surface area (Å²) < 4.78 is 10.7. The molecule has 0 atom stereocenters. The van der Waals surface area contributed by atoms with Crippen LogP contribution in [0.1, 0.15) is 35.3 Å². The summed E-state index contributed by atoms with van der Waals surface area (Å²) in [5.41, 5.74) is 3.17. The Kier molecular flexibility index (Phi) is 6.17. The summed E-state index contributed by atoms with van der Waals surface area (Å²) in [6, 6.07) is 12.3. The Morgan fingerprint density at radius 3 is 2.32 bits per heavy atom. The van der Waals surface area contributed by atoms with Crippen molar-refractivity contribution in [1.29, 1.82) is 0 Å². The van der Waals surface area contributed by atoms with E-state index >= 15 is 0 Å². The predicted molar refractivity (Wildman–Crippen MR) is 97.0 cm³/mol. The van der Waals surface area contributed by atoms with Gasteiger partial charge in [0.15, 0.2) is 6.61 Å². The van der Waals surface area contributed by atoms with Crippen molar-refractivity contribution in [1.82, 2.24) is 0 Å². The van der Waals surface area contributed by atoms with Crippen molar-refractivity contribution < 1.29 is 19.1 Å². The number of amides is 1. The Bertz CT molecular complexity index is 751. The van der Waals surface area contributed by atoms with Crippen LogP contribution in [-0.2, 0) is 9.53 Å². The minimum atomic E-state index is -0.383. The molecule has 0 heterocycles. The van der Waals surface area contributed by atoms with E-state index in [0.717, 1.165) is 11.1 Å². The third-order valence-corrected chi connectivity index (χ3v) is 3.44. The number of benzene rings is 2. The molecule has 0 aliphatic rings. The Morgan fingerprint density at radius 1 is 1.04 bits per heavy atom. The molecule has 0 saturated carbocycles. The van der Waals surface area contributed by atoms with Gasteiger partial charge in [-0.3, -0.25) is 4.79 Å². The van der Waals surface area contributed by atoms with E-state index in [9.17, 15) is 9.59 Å². The van der Waals surface area contributed by atoms with Gasteiger partial charge < -0.3 is 14.8 Å². The van der Waals surface area contributed by atoms with Crippen LogP contribution in [0, 0.1) is 13.8 Å². The summed E-state index contributed by atoms with van der Waals surface area (Å²) in [4.78, 5) is 23.8. The lowest BCUT2D eigenvalue weighted by molar-refractivity contribution is -0.118. The Labute approximate surface area is 148 Å². The van der Waals surface area contributed by atoms with Gasteiger partial charge in [-0.1, -0.05) is 17.7 Å². The van der Waals surface area contributed by atoms with Gasteiger partial charge in [-0.2, -0.15) is 0 Å². The van der Waals surface area contributed by atoms with Crippen LogP contribution in [0.15, 0.2) is 42.5 Å². The lowest BCUT2D eigenvalue weighted by Gasteiger charge is -2.11. The highest BCUT2D eigenvalue weighted by Gasteiger charge is 2.10. The van der Waals surface area contributed by atoms with Gasteiger partial charge in [-0.05, 0) is 63.6 Å². The number of rotatable bonds is 6. The SMILES string of the molecule is Cc1ccc(OCC(=O)Nc2ccc(C(=O)OC(C)C)cc2)c(C)c1. The summed E-state index contributed by atoms with van der Waals surface area (Å²) >= 11 is 0. The third kappa shape index (κ3) is 5.64. The van der Waals surface area contributed by atoms with Crippen LogP contribution in [0.2, 0.25) is 0 Å². The summed E-state index contributed by atoms with van der Waals surface area (Å²) in [5, 5.41) is 2.73. The molecule has 5 heteroatoms. The van der Waals surface area contributed by atoms with Crippen LogP contribution in [0.5, 0.6) is 5.75 Å². The van der Waals surface area contributed by atoms with E-state index in [-0.39, 0.29) is 24.6 Å². The molecule has 132 valence electrons. The fraction of sp³-hybridized carbons (Fsp3) is 0.300. The van der Waals surface area contributed by atoms with Gasteiger partial charge in [0.1, 0.15) is 5.75 Å². The average molecular weight is 341 g/mol. The monoisotopic (exact) mass is 341 g/mol. The quantitative estimate of drug-likeness (QED) is 0.810. The van der Waals surface area contributed by atoms with E-state index in [0.29, 0.717) is 17.0 Å². The summed E-state index contributed by atoms with van der Waals surface area (Å²) in [5.74, 6) is 0.0380. The molecule has 0 spiro atoms. The molecule has 25 heavy (non-hydrogen) atoms. The maximum Gasteiger partial charge on any atom is 0.338 e. The number of anilines is 1. The zero-order valence-corrected chi connectivity index (χ0v) is 15.0. The van der Waals surface area contributed by atoms with Gasteiger partial charge >= 0.3 is 5.97 Å². The highest BCUT2D eigenvalue weighted by Crippen LogP contribution is 2.18. The Balaban J connectivity index is 1.89. The number of carbonyl (C=O) groups is 2. The Morgan fingerprint density at radius 2 is 1.72 bits per heavy atom. The predicted octanol–water partition coefficient (Wildman–Crippen LogP) is 3.89. The highest BCUT2D eigenvalue weighted by molar-refractivity contribution is 5.93. The van der Waals surface area contributed by atoms with Gasteiger partial charge in [0, 0.05) is 5.69 Å². The lowest BCUT2D eigenvalue weighted by atomic mass is 10.1. The van der Waals surface area contributed by atoms with Gasteiger partial charge in [0.25, 0.3) is 5.91 Å². The number of hydrogen-bond acceptors (Lipinski definition) is 4. The van der Waals surface area contributed by atoms with Gasteiger partial charge in [0.2, 0.25) is 0 Å². The number of hydrogen-bond donors (Lipinski definition) is 1. The molecule has 0 aliphatic carbocycles. The smallest absolute Gasteiger partial charge is 0.338 e. The molecule has 1 amide bonds. The van der Waals surface area contributed by atoms with E-state index < -0.39 is 0 Å². The Hall–Kier alpha value is -2.82. The maximum absolute atomic E-state index is 12.0. The maximum atomic E-state index is 12.0. The molecular formula is C20H23NO4. The number of ether oxygens (including phenoxy) is 2. The standard InChI is InChI=1S/C20H23NO4/c1-13(2)25-20(23)16-6-8-17(9-7-16)21-19(22)12-24-18-10-5-14(3)11-15(18)4/h5-11,13H,12H2,1-4H3,(H,21,22). The van der Waals surface area contributed by atoms with Crippen LogP contribution in [0.4, 0.5) is 5.69 Å². The van der Waals surface area contributed by atoms with Crippen molar-refractivity contribution in [2.24, 2.45) is 0 Å². The van der Waals surface area contributed by atoms with Crippen molar-refractivity contribution in [3.63, 3.8) is 0 Å². The van der Waals surface area contributed by atoms with Crippen molar-refractivity contribution in [3.8, 4) is 5.75 Å². The molecule has 0 saturated heterocycles. The largest absolute Gasteiger partial charge is 0.483 e. The molecule has 0 aromatic heterocycles. The molecule has 2 aromatic carbocycles. The zero-order chi connectivity index (χ0) is 18.4. The first-order valence-electron chi connectivity index (χ1n) is 8.16. The summed E-state index contributed by atoms with van der Waals surface area (Å²) in [6.07, 6.45) is -0.172. The van der Waals surface area contributed by atoms with E-state index in [1.807, 2.05) is 32.0 Å². The van der Waals surface area contributed by atoms with Crippen molar-refractivity contribution in [2.45, 2.75) is 33.8 Å². The van der Waals surface area contributed by atoms with E-state index in [1.165, 1.54) is 0 Å². The van der Waals surface area contributed by atoms with Crippen LogP contribution < -0.4 is 10.1 Å². The van der Waals surface area contributed by atoms with Crippen LogP contribution in [0.25, 0.3) is 0 Å². The molecule has 2 aromatic rings. The van der Waals surface area contributed by atoms with Crippen LogP contribution in [0.3, 0.4) is 0 Å². The number of carbonyl (C=O) groups excluding carboxylic acids is 2. The molecule has 0 unspecified atom stereocenters. The van der Waals surface area contributed by atoms with Crippen LogP contribution >= 0.6 is 0 Å². The summed E-state index contributed by atoms with van der Waals surface area (Å²) in [7, 11) is 0. The van der Waals surface area contributed by atoms with Crippen LogP contribution in [-0.4, -0.2) is 24.6 Å². The molecule has 0 bridgehead atoms. The number of nitrogens with one attached hydrogen (secondary N) is 1. The molecule has 0 fully saturated rings.